The molecular formula is C22H25ClFN5O3. The van der Waals surface area contributed by atoms with E-state index in [1.54, 1.807) is 41.4 Å². The third-order valence-corrected chi connectivity index (χ3v) is 6.36. The molecule has 2 aromatic rings. The number of aromatic nitrogens is 1. The molecule has 4 rings (SSSR count). The van der Waals surface area contributed by atoms with Gasteiger partial charge in [-0.15, -0.1) is 0 Å². The fraction of sp³-hybridized carbons (Fsp3) is 0.409. The summed E-state index contributed by atoms with van der Waals surface area (Å²) in [6.45, 7) is 3.57. The van der Waals surface area contributed by atoms with Gasteiger partial charge in [-0.1, -0.05) is 17.7 Å². The van der Waals surface area contributed by atoms with Gasteiger partial charge in [-0.05, 0) is 43.7 Å². The van der Waals surface area contributed by atoms with Crippen LogP contribution in [0.25, 0.3) is 0 Å². The molecule has 170 valence electrons. The molecular weight excluding hydrogens is 437 g/mol. The van der Waals surface area contributed by atoms with E-state index in [4.69, 9.17) is 11.6 Å². The van der Waals surface area contributed by atoms with Crippen LogP contribution in [0.1, 0.15) is 25.5 Å². The number of nitrogens with zero attached hydrogens (tertiary/aromatic N) is 3. The van der Waals surface area contributed by atoms with E-state index in [2.05, 4.69) is 20.5 Å². The van der Waals surface area contributed by atoms with Gasteiger partial charge in [-0.2, -0.15) is 0 Å². The fourth-order valence-corrected chi connectivity index (χ4v) is 4.56. The van der Waals surface area contributed by atoms with Crippen molar-refractivity contribution < 1.29 is 19.1 Å². The molecule has 32 heavy (non-hydrogen) atoms. The number of hydrogen-bond donors (Lipinski definition) is 3. The highest BCUT2D eigenvalue weighted by molar-refractivity contribution is 6.31. The van der Waals surface area contributed by atoms with Crippen molar-refractivity contribution in [2.45, 2.75) is 37.7 Å². The lowest BCUT2D eigenvalue weighted by molar-refractivity contribution is -0.133. The van der Waals surface area contributed by atoms with E-state index in [1.807, 2.05) is 6.92 Å². The highest BCUT2D eigenvalue weighted by Gasteiger charge is 2.48. The summed E-state index contributed by atoms with van der Waals surface area (Å²) in [4.78, 5) is 33.8. The average molecular weight is 462 g/mol. The van der Waals surface area contributed by atoms with Crippen LogP contribution in [-0.4, -0.2) is 58.8 Å². The molecule has 0 saturated carbocycles. The van der Waals surface area contributed by atoms with Crippen LogP contribution >= 0.6 is 11.6 Å². The van der Waals surface area contributed by atoms with Crippen LogP contribution < -0.4 is 15.5 Å². The number of aliphatic hydroxyl groups excluding tert-OH is 1. The van der Waals surface area contributed by atoms with E-state index in [-0.39, 0.29) is 29.8 Å². The maximum atomic E-state index is 13.5. The van der Waals surface area contributed by atoms with Gasteiger partial charge >= 0.3 is 0 Å². The summed E-state index contributed by atoms with van der Waals surface area (Å²) in [5.74, 6) is -0.962. The van der Waals surface area contributed by atoms with Crippen LogP contribution in [0.2, 0.25) is 5.02 Å². The first-order valence-electron chi connectivity index (χ1n) is 10.5. The second-order valence-electron chi connectivity index (χ2n) is 8.12. The first kappa shape index (κ1) is 22.4. The van der Waals surface area contributed by atoms with Crippen molar-refractivity contribution in [3.05, 3.63) is 59.1 Å². The van der Waals surface area contributed by atoms with Crippen LogP contribution in [0.15, 0.2) is 42.6 Å². The van der Waals surface area contributed by atoms with Crippen LogP contribution in [0.3, 0.4) is 0 Å². The van der Waals surface area contributed by atoms with Crippen LogP contribution in [0, 0.1) is 5.82 Å². The molecule has 2 saturated heterocycles. The van der Waals surface area contributed by atoms with E-state index in [0.29, 0.717) is 25.3 Å². The number of carbonyl (C=O) groups is 2. The van der Waals surface area contributed by atoms with Gasteiger partial charge in [0.25, 0.3) is 0 Å². The van der Waals surface area contributed by atoms with E-state index < -0.39 is 23.6 Å². The SMILES string of the molecule is C[C@H]1CN(C(=O)CCC2(c3ccccn3)NC(O)NC2=O)CCN1c1ccc(F)c(Cl)c1. The van der Waals surface area contributed by atoms with Crippen molar-refractivity contribution in [3.8, 4) is 0 Å². The first-order chi connectivity index (χ1) is 15.3. The molecule has 1 aromatic heterocycles. The summed E-state index contributed by atoms with van der Waals surface area (Å²) in [6.07, 6.45) is 0.638. The van der Waals surface area contributed by atoms with Gasteiger partial charge in [-0.25, -0.2) is 4.39 Å². The van der Waals surface area contributed by atoms with Crippen molar-refractivity contribution in [1.29, 1.82) is 0 Å². The van der Waals surface area contributed by atoms with E-state index in [0.717, 1.165) is 5.69 Å². The van der Waals surface area contributed by atoms with Crippen LogP contribution in [-0.2, 0) is 15.1 Å². The van der Waals surface area contributed by atoms with Crippen molar-refractivity contribution >= 4 is 29.1 Å². The Labute approximate surface area is 190 Å². The van der Waals surface area contributed by atoms with Crippen molar-refractivity contribution in [3.63, 3.8) is 0 Å². The Bertz CT molecular complexity index is 1010. The maximum Gasteiger partial charge on any atom is 0.249 e. The standard InChI is InChI=1S/C22H25ClFN5O3/c1-14-13-28(10-11-29(14)15-5-6-17(24)16(23)12-15)19(30)7-8-22(18-4-2-3-9-25-18)20(31)26-21(32)27-22/h2-6,9,12,14,21,27,32H,7-8,10-11,13H2,1H3,(H,26,31)/t14-,21?,22?/m0/s1. The molecule has 0 aliphatic carbocycles. The Morgan fingerprint density at radius 1 is 1.34 bits per heavy atom. The van der Waals surface area contributed by atoms with Gasteiger partial charge in [0.15, 0.2) is 6.35 Å². The molecule has 3 N–H and O–H groups in total. The molecule has 3 heterocycles. The molecule has 2 aliphatic heterocycles. The predicted molar refractivity (Wildman–Crippen MR) is 117 cm³/mol. The Morgan fingerprint density at radius 3 is 2.78 bits per heavy atom. The predicted octanol–water partition coefficient (Wildman–Crippen LogP) is 1.58. The Hall–Kier alpha value is -2.75. The van der Waals surface area contributed by atoms with E-state index in [1.165, 1.54) is 6.07 Å². The van der Waals surface area contributed by atoms with Crippen LogP contribution in [0.5, 0.6) is 0 Å². The lowest BCUT2D eigenvalue weighted by Crippen LogP contribution is -2.54. The second-order valence-corrected chi connectivity index (χ2v) is 8.53. The molecule has 2 aliphatic rings. The zero-order valence-corrected chi connectivity index (χ0v) is 18.3. The summed E-state index contributed by atoms with van der Waals surface area (Å²) >= 11 is 5.92. The van der Waals surface area contributed by atoms with Gasteiger partial charge in [-0.3, -0.25) is 19.9 Å². The third-order valence-electron chi connectivity index (χ3n) is 6.07. The Morgan fingerprint density at radius 2 is 2.16 bits per heavy atom. The molecule has 3 atom stereocenters. The molecule has 8 nitrogen and oxygen atoms in total. The molecule has 0 spiro atoms. The minimum atomic E-state index is -1.27. The smallest absolute Gasteiger partial charge is 0.249 e. The highest BCUT2D eigenvalue weighted by Crippen LogP contribution is 2.30. The number of benzene rings is 1. The number of anilines is 1. The summed E-state index contributed by atoms with van der Waals surface area (Å²) in [5.41, 5.74) is -0.00611. The van der Waals surface area contributed by atoms with Crippen molar-refractivity contribution in [1.82, 2.24) is 20.5 Å². The summed E-state index contributed by atoms with van der Waals surface area (Å²) in [5, 5.41) is 15.3. The molecule has 2 fully saturated rings. The minimum Gasteiger partial charge on any atom is -0.365 e. The molecule has 2 amide bonds. The third kappa shape index (κ3) is 4.28. The Kier molecular flexibility index (Phi) is 6.32. The number of halogens is 2. The highest BCUT2D eigenvalue weighted by atomic mass is 35.5. The Balaban J connectivity index is 1.42. The molecule has 2 unspecified atom stereocenters. The number of rotatable bonds is 5. The van der Waals surface area contributed by atoms with Crippen molar-refractivity contribution in [2.24, 2.45) is 0 Å². The van der Waals surface area contributed by atoms with Gasteiger partial charge in [0.05, 0.1) is 10.7 Å². The fourth-order valence-electron chi connectivity index (χ4n) is 4.39. The zero-order chi connectivity index (χ0) is 22.9. The van der Waals surface area contributed by atoms with Gasteiger partial charge in [0, 0.05) is 44.0 Å². The number of amides is 2. The average Bonchev–Trinajstić information content (AvgIpc) is 3.08. The number of hydrogen-bond acceptors (Lipinski definition) is 6. The lowest BCUT2D eigenvalue weighted by Gasteiger charge is -2.41. The topological polar surface area (TPSA) is 97.8 Å². The van der Waals surface area contributed by atoms with Crippen molar-refractivity contribution in [2.75, 3.05) is 24.5 Å². The zero-order valence-electron chi connectivity index (χ0n) is 17.6. The summed E-state index contributed by atoms with van der Waals surface area (Å²) < 4.78 is 13.5. The van der Waals surface area contributed by atoms with E-state index in [9.17, 15) is 19.1 Å². The molecule has 1 aromatic carbocycles. The number of piperazine rings is 1. The van der Waals surface area contributed by atoms with Gasteiger partial charge in [0.1, 0.15) is 11.4 Å². The lowest BCUT2D eigenvalue weighted by atomic mass is 9.88. The quantitative estimate of drug-likeness (QED) is 0.625. The second kappa shape index (κ2) is 9.01. The first-order valence-corrected chi connectivity index (χ1v) is 10.9. The molecule has 10 heteroatoms. The van der Waals surface area contributed by atoms with Crippen LogP contribution in [0.4, 0.5) is 10.1 Å². The number of nitrogens with one attached hydrogen (secondary N) is 2. The normalized spacial score (nSPS) is 25.7. The van der Waals surface area contributed by atoms with Gasteiger partial charge < -0.3 is 20.2 Å². The summed E-state index contributed by atoms with van der Waals surface area (Å²) in [6, 6.07) is 9.82. The monoisotopic (exact) mass is 461 g/mol. The maximum absolute atomic E-state index is 13.5. The molecule has 0 radical (unpaired) electrons. The largest absolute Gasteiger partial charge is 0.365 e. The number of pyridine rings is 1. The van der Waals surface area contributed by atoms with E-state index >= 15 is 0 Å². The van der Waals surface area contributed by atoms with Gasteiger partial charge in [0.2, 0.25) is 11.8 Å². The number of aliphatic hydroxyl groups is 1. The molecule has 0 bridgehead atoms. The minimum absolute atomic E-state index is 0.00806. The summed E-state index contributed by atoms with van der Waals surface area (Å²) in [7, 11) is 0. The number of carbonyl (C=O) groups excluding carboxylic acids is 2.